The van der Waals surface area contributed by atoms with Crippen LogP contribution in [-0.2, 0) is 0 Å². The van der Waals surface area contributed by atoms with Crippen LogP contribution in [0.5, 0.6) is 0 Å². The second-order valence-corrected chi connectivity index (χ2v) is 13.5. The van der Waals surface area contributed by atoms with E-state index in [1.54, 1.807) is 6.21 Å². The van der Waals surface area contributed by atoms with Crippen molar-refractivity contribution in [2.24, 2.45) is 0 Å². The van der Waals surface area contributed by atoms with Gasteiger partial charge < -0.3 is 5.32 Å². The Bertz CT molecular complexity index is 2640. The van der Waals surface area contributed by atoms with Gasteiger partial charge in [-0.05, 0) is 57.9 Å². The third-order valence-electron chi connectivity index (χ3n) is 9.85. The van der Waals surface area contributed by atoms with Crippen LogP contribution in [0.4, 0.5) is 0 Å². The molecule has 1 atom stereocenters. The highest BCUT2D eigenvalue weighted by Gasteiger charge is 2.32. The maximum atomic E-state index is 5.13. The summed E-state index contributed by atoms with van der Waals surface area (Å²) in [6.07, 6.45) is 12.5. The summed E-state index contributed by atoms with van der Waals surface area (Å²) in [4.78, 5) is 15.2. The number of nitrogens with zero attached hydrogens (tertiary/aromatic N) is 5. The Morgan fingerprint density at radius 1 is 0.519 bits per heavy atom. The third kappa shape index (κ3) is 6.74. The van der Waals surface area contributed by atoms with Crippen molar-refractivity contribution in [2.75, 3.05) is 0 Å². The minimum absolute atomic E-state index is 0.154. The van der Waals surface area contributed by atoms with Gasteiger partial charge in [0.1, 0.15) is 0 Å². The quantitative estimate of drug-likeness (QED) is 0.162. The number of benzene rings is 5. The molecule has 0 fully saturated rings. The topological polar surface area (TPSA) is 78.9 Å². The molecular weight excluding hydrogens is 661 g/mol. The summed E-state index contributed by atoms with van der Waals surface area (Å²) < 4.78 is 9.34. The number of nitrogens with one attached hydrogen (secondary N) is 1. The minimum Gasteiger partial charge on any atom is -0.374 e. The number of hydrogen-bond acceptors (Lipinski definition) is 4. The van der Waals surface area contributed by atoms with Gasteiger partial charge in [-0.25, -0.2) is 15.0 Å². The number of allylic oxidation sites excluding steroid dienone is 6. The van der Waals surface area contributed by atoms with Crippen LogP contribution in [0, 0.1) is 0 Å². The van der Waals surface area contributed by atoms with Crippen LogP contribution in [0.25, 0.3) is 44.9 Å². The van der Waals surface area contributed by atoms with E-state index >= 15 is 0 Å². The van der Waals surface area contributed by atoms with E-state index in [1.807, 2.05) is 66.8 Å². The molecule has 0 radical (unpaired) electrons. The lowest BCUT2D eigenvalue weighted by atomic mass is 9.98. The molecule has 256 valence electrons. The lowest BCUT2D eigenvalue weighted by Crippen LogP contribution is -2.18. The molecule has 54 heavy (non-hydrogen) atoms. The van der Waals surface area contributed by atoms with Gasteiger partial charge in [-0.2, -0.15) is 0 Å². The zero-order valence-electron chi connectivity index (χ0n) is 29.8. The van der Waals surface area contributed by atoms with Crippen LogP contribution in [0.3, 0.4) is 0 Å². The van der Waals surface area contributed by atoms with Crippen molar-refractivity contribution < 1.29 is 0 Å². The Morgan fingerprint density at radius 3 is 1.69 bits per heavy atom. The molecule has 0 amide bonds. The van der Waals surface area contributed by atoms with Crippen molar-refractivity contribution >= 4 is 34.6 Å². The fourth-order valence-corrected chi connectivity index (χ4v) is 7.02. The van der Waals surface area contributed by atoms with Gasteiger partial charge in [-0.1, -0.05) is 155 Å². The van der Waals surface area contributed by atoms with Crippen molar-refractivity contribution in [3.8, 4) is 33.6 Å². The first kappa shape index (κ1) is 32.7. The highest BCUT2D eigenvalue weighted by Crippen LogP contribution is 2.35. The van der Waals surface area contributed by atoms with Crippen molar-refractivity contribution in [2.45, 2.75) is 19.4 Å². The van der Waals surface area contributed by atoms with Crippen LogP contribution in [0.1, 0.15) is 42.2 Å². The Balaban J connectivity index is 1.16. The number of rotatable bonds is 8. The maximum Gasteiger partial charge on any atom is 0.417 e. The average Bonchev–Trinajstić information content (AvgIpc) is 3.94. The molecule has 0 spiro atoms. The standard InChI is InChI=1S/C48H36N6/c1-32-30-40(47-52-46(39-16-9-4-10-17-39)53-48(54-47)43-28-27-42(50-43)41-18-11-29-49-41)31-44(37-23-19-35(20-24-37)33-12-5-2-6-13-33)51-45(32)38-25-21-36(22-26-38)34-14-7-3-8-15-34/h2-29,31,44,51H,30H2,1H3/q+2. The summed E-state index contributed by atoms with van der Waals surface area (Å²) in [6, 6.07) is 48.5. The van der Waals surface area contributed by atoms with E-state index in [2.05, 4.69) is 120 Å². The third-order valence-corrected chi connectivity index (χ3v) is 9.85. The van der Waals surface area contributed by atoms with Gasteiger partial charge in [0.05, 0.1) is 6.04 Å². The van der Waals surface area contributed by atoms with E-state index < -0.39 is 0 Å². The maximum absolute atomic E-state index is 5.13. The summed E-state index contributed by atoms with van der Waals surface area (Å²) in [7, 11) is 0. The van der Waals surface area contributed by atoms with Gasteiger partial charge in [0.15, 0.2) is 11.6 Å². The van der Waals surface area contributed by atoms with Crippen molar-refractivity contribution in [1.29, 1.82) is 0 Å². The first-order valence-electron chi connectivity index (χ1n) is 18.2. The van der Waals surface area contributed by atoms with Crippen molar-refractivity contribution in [3.63, 3.8) is 0 Å². The average molecular weight is 697 g/mol. The summed E-state index contributed by atoms with van der Waals surface area (Å²) in [5.41, 5.74) is 13.5. The Morgan fingerprint density at radius 2 is 1.06 bits per heavy atom. The van der Waals surface area contributed by atoms with Gasteiger partial charge in [-0.3, -0.25) is 0 Å². The second-order valence-electron chi connectivity index (χ2n) is 13.5. The fraction of sp³-hybridized carbons (Fsp3) is 0.0625. The van der Waals surface area contributed by atoms with Crippen LogP contribution < -0.4 is 14.7 Å². The van der Waals surface area contributed by atoms with Crippen molar-refractivity contribution in [3.05, 3.63) is 198 Å². The molecule has 9 rings (SSSR count). The molecule has 1 aromatic heterocycles. The largest absolute Gasteiger partial charge is 0.417 e. The summed E-state index contributed by atoms with van der Waals surface area (Å²) in [5.74, 6) is 1.76. The SMILES string of the molecule is CC1=C(c2ccc(-c3ccccc3)cc2)NC(c2ccc(-c3ccccc3)cc2)C=C(c2nc(C3=[N+]=C(C4=[N+]=CC=C4)C=C3)nc(-c3ccccc3)n2)C1. The fourth-order valence-electron chi connectivity index (χ4n) is 7.02. The molecule has 1 N–H and O–H groups in total. The van der Waals surface area contributed by atoms with Gasteiger partial charge in [0.25, 0.3) is 6.21 Å². The van der Waals surface area contributed by atoms with E-state index in [1.165, 1.54) is 27.8 Å². The zero-order chi connectivity index (χ0) is 36.3. The van der Waals surface area contributed by atoms with Crippen molar-refractivity contribution in [1.82, 2.24) is 29.6 Å². The highest BCUT2D eigenvalue weighted by molar-refractivity contribution is 6.52. The van der Waals surface area contributed by atoms with Gasteiger partial charge in [0.2, 0.25) is 5.82 Å². The molecule has 1 unspecified atom stereocenters. The lowest BCUT2D eigenvalue weighted by molar-refractivity contribution is 0.773. The van der Waals surface area contributed by atoms with E-state index in [9.17, 15) is 0 Å². The lowest BCUT2D eigenvalue weighted by Gasteiger charge is -2.20. The first-order chi connectivity index (χ1) is 26.6. The van der Waals surface area contributed by atoms with Gasteiger partial charge >= 0.3 is 17.1 Å². The molecule has 4 heterocycles. The number of hydrogen-bond donors (Lipinski definition) is 1. The Labute approximate surface area is 314 Å². The van der Waals surface area contributed by atoms with E-state index in [4.69, 9.17) is 19.6 Å². The molecule has 6 nitrogen and oxygen atoms in total. The molecule has 6 aromatic rings. The zero-order valence-corrected chi connectivity index (χ0v) is 29.8. The summed E-state index contributed by atoms with van der Waals surface area (Å²) >= 11 is 0. The molecule has 5 aromatic carbocycles. The Hall–Kier alpha value is -7.23. The monoisotopic (exact) mass is 696 g/mol. The molecule has 3 aliphatic heterocycles. The molecule has 0 saturated heterocycles. The highest BCUT2D eigenvalue weighted by atomic mass is 15.0. The van der Waals surface area contributed by atoms with Crippen LogP contribution in [-0.4, -0.2) is 38.3 Å². The van der Waals surface area contributed by atoms with E-state index in [0.29, 0.717) is 29.6 Å². The molecule has 6 heteroatoms. The second kappa shape index (κ2) is 14.4. The predicted octanol–water partition coefficient (Wildman–Crippen LogP) is 8.44. The molecule has 0 aliphatic carbocycles. The van der Waals surface area contributed by atoms with E-state index in [-0.39, 0.29) is 6.04 Å². The van der Waals surface area contributed by atoms with Crippen LogP contribution in [0.2, 0.25) is 0 Å². The molecular formula is C48H36N6+2. The van der Waals surface area contributed by atoms with Gasteiger partial charge in [0, 0.05) is 35.6 Å². The normalized spacial score (nSPS) is 16.1. The first-order valence-corrected chi connectivity index (χ1v) is 18.2. The van der Waals surface area contributed by atoms with Crippen LogP contribution >= 0.6 is 0 Å². The van der Waals surface area contributed by atoms with Gasteiger partial charge in [-0.15, -0.1) is 0 Å². The van der Waals surface area contributed by atoms with E-state index in [0.717, 1.165) is 39.4 Å². The number of aromatic nitrogens is 3. The molecule has 3 aliphatic rings. The smallest absolute Gasteiger partial charge is 0.374 e. The minimum atomic E-state index is -0.154. The summed E-state index contributed by atoms with van der Waals surface area (Å²) in [5, 5.41) is 3.94. The molecule has 0 bridgehead atoms. The summed E-state index contributed by atoms with van der Waals surface area (Å²) in [6.45, 7) is 2.19. The van der Waals surface area contributed by atoms with Crippen LogP contribution in [0.15, 0.2) is 175 Å². The Kier molecular flexibility index (Phi) is 8.72. The molecule has 0 saturated carbocycles. The predicted molar refractivity (Wildman–Crippen MR) is 223 cm³/mol.